The van der Waals surface area contributed by atoms with Crippen LogP contribution in [0.3, 0.4) is 0 Å². The lowest BCUT2D eigenvalue weighted by Gasteiger charge is -2.12. The highest BCUT2D eigenvalue weighted by atomic mass is 35.5. The zero-order chi connectivity index (χ0) is 15.6. The molecule has 1 N–H and O–H groups in total. The number of benzene rings is 1. The SMILES string of the molecule is Cc1c(S(C)(=O)=O)ccc(Cl)c1C(=O)Nc1ccccn1. The smallest absolute Gasteiger partial charge is 0.258 e. The molecule has 2 rings (SSSR count). The molecule has 5 nitrogen and oxygen atoms in total. The minimum absolute atomic E-state index is 0.0815. The molecule has 0 saturated heterocycles. The second kappa shape index (κ2) is 5.83. The fourth-order valence-corrected chi connectivity index (χ4v) is 3.22. The highest BCUT2D eigenvalue weighted by Gasteiger charge is 2.20. The predicted octanol–water partition coefficient (Wildman–Crippen LogP) is 2.70. The van der Waals surface area contributed by atoms with Crippen LogP contribution in [-0.2, 0) is 9.84 Å². The lowest BCUT2D eigenvalue weighted by atomic mass is 10.1. The molecule has 2 aromatic rings. The fourth-order valence-electron chi connectivity index (χ4n) is 1.96. The van der Waals surface area contributed by atoms with Crippen molar-refractivity contribution in [2.45, 2.75) is 11.8 Å². The topological polar surface area (TPSA) is 76.1 Å². The summed E-state index contributed by atoms with van der Waals surface area (Å²) < 4.78 is 23.4. The summed E-state index contributed by atoms with van der Waals surface area (Å²) in [5.74, 6) is -0.135. The number of nitrogens with one attached hydrogen (secondary N) is 1. The fraction of sp³-hybridized carbons (Fsp3) is 0.143. The van der Waals surface area contributed by atoms with Crippen molar-refractivity contribution in [2.24, 2.45) is 0 Å². The summed E-state index contributed by atoms with van der Waals surface area (Å²) in [4.78, 5) is 16.4. The number of sulfone groups is 1. The maximum atomic E-state index is 12.3. The van der Waals surface area contributed by atoms with Gasteiger partial charge in [0.1, 0.15) is 5.82 Å². The molecule has 1 amide bonds. The Morgan fingerprint density at radius 1 is 1.24 bits per heavy atom. The lowest BCUT2D eigenvalue weighted by Crippen LogP contribution is -2.16. The average Bonchev–Trinajstić information content (AvgIpc) is 2.38. The molecule has 0 saturated carbocycles. The summed E-state index contributed by atoms with van der Waals surface area (Å²) in [6.07, 6.45) is 2.63. The van der Waals surface area contributed by atoms with Crippen molar-refractivity contribution in [3.63, 3.8) is 0 Å². The number of halogens is 1. The van der Waals surface area contributed by atoms with Gasteiger partial charge in [-0.25, -0.2) is 13.4 Å². The summed E-state index contributed by atoms with van der Waals surface area (Å²) in [5, 5.41) is 2.78. The third-order valence-corrected chi connectivity index (χ3v) is 4.45. The number of carbonyl (C=O) groups excluding carboxylic acids is 1. The molecule has 110 valence electrons. The van der Waals surface area contributed by atoms with Crippen molar-refractivity contribution >= 4 is 33.2 Å². The molecule has 0 radical (unpaired) electrons. The van der Waals surface area contributed by atoms with Crippen LogP contribution in [0.2, 0.25) is 5.02 Å². The second-order valence-electron chi connectivity index (χ2n) is 4.49. The molecule has 1 heterocycles. The van der Waals surface area contributed by atoms with E-state index in [1.807, 2.05) is 0 Å². The Bertz CT molecular complexity index is 789. The van der Waals surface area contributed by atoms with Gasteiger partial charge in [-0.15, -0.1) is 0 Å². The number of aromatic nitrogens is 1. The number of nitrogens with zero attached hydrogens (tertiary/aromatic N) is 1. The molecule has 1 aromatic heterocycles. The monoisotopic (exact) mass is 324 g/mol. The Kier molecular flexibility index (Phi) is 4.29. The second-order valence-corrected chi connectivity index (χ2v) is 6.88. The summed E-state index contributed by atoms with van der Waals surface area (Å²) in [6.45, 7) is 1.55. The van der Waals surface area contributed by atoms with Gasteiger partial charge in [0.25, 0.3) is 5.91 Å². The van der Waals surface area contributed by atoms with E-state index >= 15 is 0 Å². The molecule has 7 heteroatoms. The maximum Gasteiger partial charge on any atom is 0.258 e. The molecule has 0 bridgehead atoms. The normalized spacial score (nSPS) is 11.2. The van der Waals surface area contributed by atoms with Crippen LogP contribution in [0.15, 0.2) is 41.4 Å². The highest BCUT2D eigenvalue weighted by molar-refractivity contribution is 7.90. The van der Waals surface area contributed by atoms with Crippen LogP contribution in [0, 0.1) is 6.92 Å². The van der Waals surface area contributed by atoms with Crippen molar-refractivity contribution in [3.05, 3.63) is 52.7 Å². The highest BCUT2D eigenvalue weighted by Crippen LogP contribution is 2.26. The number of carbonyl (C=O) groups is 1. The van der Waals surface area contributed by atoms with Gasteiger partial charge in [-0.3, -0.25) is 4.79 Å². The van der Waals surface area contributed by atoms with E-state index < -0.39 is 15.7 Å². The van der Waals surface area contributed by atoms with Gasteiger partial charge in [0.05, 0.1) is 15.5 Å². The lowest BCUT2D eigenvalue weighted by molar-refractivity contribution is 0.102. The third kappa shape index (κ3) is 3.40. The molecule has 0 atom stereocenters. The minimum Gasteiger partial charge on any atom is -0.307 e. The van der Waals surface area contributed by atoms with Crippen LogP contribution in [0.4, 0.5) is 5.82 Å². The van der Waals surface area contributed by atoms with Crippen molar-refractivity contribution < 1.29 is 13.2 Å². The molecular weight excluding hydrogens is 312 g/mol. The molecule has 0 aliphatic heterocycles. The molecule has 1 aromatic carbocycles. The molecule has 21 heavy (non-hydrogen) atoms. The van der Waals surface area contributed by atoms with Crippen LogP contribution in [0.25, 0.3) is 0 Å². The molecule has 0 aliphatic carbocycles. The number of pyridine rings is 1. The average molecular weight is 325 g/mol. The van der Waals surface area contributed by atoms with Crippen LogP contribution < -0.4 is 5.32 Å². The van der Waals surface area contributed by atoms with Crippen molar-refractivity contribution in [2.75, 3.05) is 11.6 Å². The van der Waals surface area contributed by atoms with E-state index in [1.54, 1.807) is 25.1 Å². The number of hydrogen-bond acceptors (Lipinski definition) is 4. The summed E-state index contributed by atoms with van der Waals surface area (Å²) in [5.41, 5.74) is 0.448. The Morgan fingerprint density at radius 3 is 2.52 bits per heavy atom. The number of rotatable bonds is 3. The van der Waals surface area contributed by atoms with Gasteiger partial charge in [-0.2, -0.15) is 0 Å². The van der Waals surface area contributed by atoms with Crippen molar-refractivity contribution in [3.8, 4) is 0 Å². The van der Waals surface area contributed by atoms with Gasteiger partial charge < -0.3 is 5.32 Å². The van der Waals surface area contributed by atoms with Gasteiger partial charge in [0, 0.05) is 12.5 Å². The van der Waals surface area contributed by atoms with E-state index in [1.165, 1.54) is 18.3 Å². The quantitative estimate of drug-likeness (QED) is 0.941. The molecule has 0 fully saturated rings. The van der Waals surface area contributed by atoms with Gasteiger partial charge in [0.2, 0.25) is 0 Å². The number of anilines is 1. The van der Waals surface area contributed by atoms with Crippen LogP contribution in [0.1, 0.15) is 15.9 Å². The molecule has 0 unspecified atom stereocenters. The molecular formula is C14H13ClN2O3S. The van der Waals surface area contributed by atoms with Crippen molar-refractivity contribution in [1.82, 2.24) is 4.98 Å². The van der Waals surface area contributed by atoms with E-state index in [0.717, 1.165) is 6.26 Å². The minimum atomic E-state index is -3.43. The Balaban J connectivity index is 2.46. The Labute approximate surface area is 127 Å². The van der Waals surface area contributed by atoms with Crippen LogP contribution in [0.5, 0.6) is 0 Å². The zero-order valence-electron chi connectivity index (χ0n) is 11.4. The van der Waals surface area contributed by atoms with Gasteiger partial charge in [0.15, 0.2) is 9.84 Å². The Hall–Kier alpha value is -1.92. The summed E-state index contributed by atoms with van der Waals surface area (Å²) in [7, 11) is -3.43. The van der Waals surface area contributed by atoms with Crippen molar-refractivity contribution in [1.29, 1.82) is 0 Å². The molecule has 0 aliphatic rings. The third-order valence-electron chi connectivity index (χ3n) is 2.90. The first-order valence-corrected chi connectivity index (χ1v) is 8.29. The van der Waals surface area contributed by atoms with Crippen LogP contribution in [-0.4, -0.2) is 25.6 Å². The van der Waals surface area contributed by atoms with Gasteiger partial charge >= 0.3 is 0 Å². The van der Waals surface area contributed by atoms with E-state index in [-0.39, 0.29) is 15.5 Å². The standard InChI is InChI=1S/C14H13ClN2O3S/c1-9-11(21(2,19)20)7-6-10(15)13(9)14(18)17-12-5-3-4-8-16-12/h3-8H,1-2H3,(H,16,17,18). The zero-order valence-corrected chi connectivity index (χ0v) is 13.0. The number of amides is 1. The van der Waals surface area contributed by atoms with E-state index in [0.29, 0.717) is 11.4 Å². The van der Waals surface area contributed by atoms with Gasteiger partial charge in [-0.05, 0) is 36.8 Å². The summed E-state index contributed by atoms with van der Waals surface area (Å²) >= 11 is 6.04. The van der Waals surface area contributed by atoms with E-state index in [4.69, 9.17) is 11.6 Å². The predicted molar refractivity (Wildman–Crippen MR) is 81.5 cm³/mol. The largest absolute Gasteiger partial charge is 0.307 e. The number of hydrogen-bond donors (Lipinski definition) is 1. The first-order valence-electron chi connectivity index (χ1n) is 6.02. The van der Waals surface area contributed by atoms with Crippen LogP contribution >= 0.6 is 11.6 Å². The Morgan fingerprint density at radius 2 is 1.95 bits per heavy atom. The van der Waals surface area contributed by atoms with E-state index in [9.17, 15) is 13.2 Å². The first kappa shape index (κ1) is 15.5. The van der Waals surface area contributed by atoms with Gasteiger partial charge in [-0.1, -0.05) is 17.7 Å². The van der Waals surface area contributed by atoms with E-state index in [2.05, 4.69) is 10.3 Å². The molecule has 0 spiro atoms. The first-order chi connectivity index (χ1) is 9.80. The maximum absolute atomic E-state index is 12.3. The summed E-state index contributed by atoms with van der Waals surface area (Å²) in [6, 6.07) is 7.87.